The highest BCUT2D eigenvalue weighted by atomic mass is 19.1. The van der Waals surface area contributed by atoms with E-state index in [0.29, 0.717) is 31.4 Å². The monoisotopic (exact) mass is 403 g/mol. The fourth-order valence-corrected chi connectivity index (χ4v) is 3.99. The third-order valence-electron chi connectivity index (χ3n) is 5.80. The van der Waals surface area contributed by atoms with Crippen LogP contribution < -0.4 is 9.80 Å². The summed E-state index contributed by atoms with van der Waals surface area (Å²) in [6.07, 6.45) is 3.75. The van der Waals surface area contributed by atoms with Crippen LogP contribution in [0.1, 0.15) is 18.4 Å². The summed E-state index contributed by atoms with van der Waals surface area (Å²) in [6.45, 7) is 5.28. The lowest BCUT2D eigenvalue weighted by molar-refractivity contribution is 0.122. The van der Waals surface area contributed by atoms with E-state index < -0.39 is 11.6 Å². The summed E-state index contributed by atoms with van der Waals surface area (Å²) >= 11 is 0. The molecule has 0 aliphatic carbocycles. The highest BCUT2D eigenvalue weighted by Gasteiger charge is 2.25. The van der Waals surface area contributed by atoms with Crippen LogP contribution in [0.2, 0.25) is 0 Å². The molecule has 0 radical (unpaired) electrons. The maximum Gasteiger partial charge on any atom is 0.227 e. The Bertz CT molecular complexity index is 822. The van der Waals surface area contributed by atoms with E-state index in [1.165, 1.54) is 12.1 Å². The van der Waals surface area contributed by atoms with E-state index in [9.17, 15) is 8.78 Å². The SMILES string of the molecule is CN(c1ccnc(N2CCOCC2)n1)C1CCN(Cc2ccc(F)cc2F)CC1. The number of benzene rings is 1. The fourth-order valence-electron chi connectivity index (χ4n) is 3.99. The zero-order valence-corrected chi connectivity index (χ0v) is 16.7. The standard InChI is InChI=1S/C21H27F2N5O/c1-26(20-4-7-24-21(25-20)28-10-12-29-13-11-28)18-5-8-27(9-6-18)15-16-2-3-17(22)14-19(16)23/h2-4,7,14,18H,5-6,8-13,15H2,1H3. The fraction of sp³-hybridized carbons (Fsp3) is 0.524. The van der Waals surface area contributed by atoms with E-state index in [1.54, 1.807) is 0 Å². The van der Waals surface area contributed by atoms with Crippen LogP contribution in [-0.4, -0.2) is 67.4 Å². The van der Waals surface area contributed by atoms with Gasteiger partial charge in [0.15, 0.2) is 0 Å². The van der Waals surface area contributed by atoms with Crippen molar-refractivity contribution < 1.29 is 13.5 Å². The number of morpholine rings is 1. The third kappa shape index (κ3) is 4.82. The van der Waals surface area contributed by atoms with Crippen molar-refractivity contribution >= 4 is 11.8 Å². The van der Waals surface area contributed by atoms with Crippen LogP contribution in [0.4, 0.5) is 20.5 Å². The van der Waals surface area contributed by atoms with E-state index in [0.717, 1.165) is 56.9 Å². The molecule has 1 aromatic carbocycles. The van der Waals surface area contributed by atoms with Gasteiger partial charge in [0, 0.05) is 63.6 Å². The molecule has 1 aromatic heterocycles. The summed E-state index contributed by atoms with van der Waals surface area (Å²) in [5.74, 6) is 0.667. The van der Waals surface area contributed by atoms with Crippen molar-refractivity contribution in [2.24, 2.45) is 0 Å². The zero-order chi connectivity index (χ0) is 20.2. The molecule has 0 N–H and O–H groups in total. The van der Waals surface area contributed by atoms with Gasteiger partial charge in [-0.15, -0.1) is 0 Å². The van der Waals surface area contributed by atoms with Gasteiger partial charge in [-0.2, -0.15) is 4.98 Å². The highest BCUT2D eigenvalue weighted by Crippen LogP contribution is 2.23. The third-order valence-corrected chi connectivity index (χ3v) is 5.80. The predicted molar refractivity (Wildman–Crippen MR) is 108 cm³/mol. The number of likely N-dealkylation sites (tertiary alicyclic amines) is 1. The lowest BCUT2D eigenvalue weighted by Crippen LogP contribution is -2.43. The largest absolute Gasteiger partial charge is 0.378 e. The average Bonchev–Trinajstić information content (AvgIpc) is 2.76. The van der Waals surface area contributed by atoms with Crippen LogP contribution in [0, 0.1) is 11.6 Å². The molecule has 29 heavy (non-hydrogen) atoms. The number of rotatable bonds is 5. The number of halogens is 2. The predicted octanol–water partition coefficient (Wildman–Crippen LogP) is 2.69. The van der Waals surface area contributed by atoms with Crippen molar-refractivity contribution in [3.8, 4) is 0 Å². The molecule has 2 aliphatic rings. The zero-order valence-electron chi connectivity index (χ0n) is 16.7. The Balaban J connectivity index is 1.34. The van der Waals surface area contributed by atoms with E-state index >= 15 is 0 Å². The summed E-state index contributed by atoms with van der Waals surface area (Å²) in [7, 11) is 2.07. The molecule has 156 valence electrons. The van der Waals surface area contributed by atoms with Crippen molar-refractivity contribution in [3.05, 3.63) is 47.7 Å². The molecule has 0 spiro atoms. The first-order valence-electron chi connectivity index (χ1n) is 10.1. The molecule has 0 amide bonds. The van der Waals surface area contributed by atoms with Crippen LogP contribution in [0.5, 0.6) is 0 Å². The second-order valence-electron chi connectivity index (χ2n) is 7.67. The first kappa shape index (κ1) is 20.0. The lowest BCUT2D eigenvalue weighted by atomic mass is 10.0. The summed E-state index contributed by atoms with van der Waals surface area (Å²) in [5.41, 5.74) is 0.546. The van der Waals surface area contributed by atoms with Gasteiger partial charge in [0.1, 0.15) is 17.5 Å². The van der Waals surface area contributed by atoms with E-state index in [1.807, 2.05) is 12.3 Å². The van der Waals surface area contributed by atoms with E-state index in [2.05, 4.69) is 26.7 Å². The molecule has 6 nitrogen and oxygen atoms in total. The second kappa shape index (κ2) is 9.00. The molecule has 8 heteroatoms. The Morgan fingerprint density at radius 2 is 1.86 bits per heavy atom. The number of hydrogen-bond donors (Lipinski definition) is 0. The number of hydrogen-bond acceptors (Lipinski definition) is 6. The van der Waals surface area contributed by atoms with Gasteiger partial charge in [-0.05, 0) is 25.0 Å². The smallest absolute Gasteiger partial charge is 0.227 e. The quantitative estimate of drug-likeness (QED) is 0.765. The molecular weight excluding hydrogens is 376 g/mol. The first-order valence-corrected chi connectivity index (χ1v) is 10.1. The molecule has 2 aliphatic heterocycles. The minimum Gasteiger partial charge on any atom is -0.378 e. The summed E-state index contributed by atoms with van der Waals surface area (Å²) in [6, 6.07) is 6.13. The summed E-state index contributed by atoms with van der Waals surface area (Å²) in [5, 5.41) is 0. The number of piperidine rings is 1. The van der Waals surface area contributed by atoms with Gasteiger partial charge in [-0.3, -0.25) is 4.90 Å². The molecule has 3 heterocycles. The minimum atomic E-state index is -0.534. The molecule has 2 saturated heterocycles. The van der Waals surface area contributed by atoms with Gasteiger partial charge in [0.2, 0.25) is 5.95 Å². The summed E-state index contributed by atoms with van der Waals surface area (Å²) < 4.78 is 32.4. The van der Waals surface area contributed by atoms with Crippen molar-refractivity contribution in [1.29, 1.82) is 0 Å². The Morgan fingerprint density at radius 3 is 2.59 bits per heavy atom. The van der Waals surface area contributed by atoms with Crippen molar-refractivity contribution in [1.82, 2.24) is 14.9 Å². The van der Waals surface area contributed by atoms with Gasteiger partial charge in [-0.1, -0.05) is 6.07 Å². The normalized spacial score (nSPS) is 18.8. The number of nitrogens with zero attached hydrogens (tertiary/aromatic N) is 5. The van der Waals surface area contributed by atoms with Crippen molar-refractivity contribution in [2.75, 3.05) is 56.2 Å². The van der Waals surface area contributed by atoms with E-state index in [4.69, 9.17) is 9.72 Å². The molecule has 0 unspecified atom stereocenters. The molecule has 0 bridgehead atoms. The van der Waals surface area contributed by atoms with Gasteiger partial charge in [0.25, 0.3) is 0 Å². The van der Waals surface area contributed by atoms with Crippen molar-refractivity contribution in [3.63, 3.8) is 0 Å². The summed E-state index contributed by atoms with van der Waals surface area (Å²) in [4.78, 5) is 15.8. The Kier molecular flexibility index (Phi) is 6.20. The van der Waals surface area contributed by atoms with Crippen LogP contribution in [0.15, 0.2) is 30.5 Å². The molecule has 0 atom stereocenters. The number of anilines is 2. The Morgan fingerprint density at radius 1 is 1.10 bits per heavy atom. The van der Waals surface area contributed by atoms with Crippen LogP contribution >= 0.6 is 0 Å². The van der Waals surface area contributed by atoms with Crippen LogP contribution in [0.3, 0.4) is 0 Å². The lowest BCUT2D eigenvalue weighted by Gasteiger charge is -2.37. The average molecular weight is 403 g/mol. The number of aromatic nitrogens is 2. The van der Waals surface area contributed by atoms with Gasteiger partial charge < -0.3 is 14.5 Å². The molecule has 0 saturated carbocycles. The second-order valence-corrected chi connectivity index (χ2v) is 7.67. The maximum absolute atomic E-state index is 13.9. The molecular formula is C21H27F2N5O. The highest BCUT2D eigenvalue weighted by molar-refractivity contribution is 5.44. The first-order chi connectivity index (χ1) is 14.1. The van der Waals surface area contributed by atoms with Gasteiger partial charge in [0.05, 0.1) is 13.2 Å². The number of ether oxygens (including phenoxy) is 1. The van der Waals surface area contributed by atoms with E-state index in [-0.39, 0.29) is 0 Å². The molecule has 4 rings (SSSR count). The Labute approximate surface area is 170 Å². The minimum absolute atomic E-state index is 0.372. The van der Waals surface area contributed by atoms with Gasteiger partial charge >= 0.3 is 0 Å². The topological polar surface area (TPSA) is 44.7 Å². The molecule has 2 fully saturated rings. The van der Waals surface area contributed by atoms with Crippen LogP contribution in [0.25, 0.3) is 0 Å². The van der Waals surface area contributed by atoms with Crippen LogP contribution in [-0.2, 0) is 11.3 Å². The Hall–Kier alpha value is -2.32. The molecule has 2 aromatic rings. The maximum atomic E-state index is 13.9. The van der Waals surface area contributed by atoms with Gasteiger partial charge in [-0.25, -0.2) is 13.8 Å². The van der Waals surface area contributed by atoms with Crippen molar-refractivity contribution in [2.45, 2.75) is 25.4 Å².